The van der Waals surface area contributed by atoms with Crippen molar-refractivity contribution in [3.05, 3.63) is 24.3 Å². The smallest absolute Gasteiger partial charge is 0.0340 e. The molecule has 0 saturated carbocycles. The first kappa shape index (κ1) is 7.56. The van der Waals surface area contributed by atoms with Gasteiger partial charge in [-0.2, -0.15) is 0 Å². The Morgan fingerprint density at radius 3 is 2.40 bits per heavy atom. The second-order valence-corrected chi connectivity index (χ2v) is 2.82. The van der Waals surface area contributed by atoms with E-state index in [4.69, 9.17) is 0 Å². The molecule has 0 amide bonds. The lowest BCUT2D eigenvalue weighted by Gasteiger charge is -2.01. The Balaban J connectivity index is 2.69. The molecule has 0 heterocycles. The molecule has 0 aromatic heterocycles. The van der Waals surface area contributed by atoms with Crippen molar-refractivity contribution in [2.75, 3.05) is 11.9 Å². The Morgan fingerprint density at radius 1 is 1.30 bits per heavy atom. The van der Waals surface area contributed by atoms with Crippen molar-refractivity contribution in [2.45, 2.75) is 6.92 Å². The van der Waals surface area contributed by atoms with Crippen molar-refractivity contribution in [2.24, 2.45) is 0 Å². The Bertz CT molecular complexity index is 193. The summed E-state index contributed by atoms with van der Waals surface area (Å²) in [6, 6.07) is 8.29. The average molecular weight is 153 g/mol. The topological polar surface area (TPSA) is 12.0 Å². The van der Waals surface area contributed by atoms with Crippen LogP contribution in [0.25, 0.3) is 0 Å². The van der Waals surface area contributed by atoms with Gasteiger partial charge in [-0.3, -0.25) is 0 Å². The highest BCUT2D eigenvalue weighted by molar-refractivity contribution is 7.27. The van der Waals surface area contributed by atoms with E-state index in [2.05, 4.69) is 45.7 Å². The van der Waals surface area contributed by atoms with Crippen LogP contribution in [0.2, 0.25) is 0 Å². The molecule has 0 aliphatic carbocycles. The maximum Gasteiger partial charge on any atom is 0.0340 e. The third-order valence-electron chi connectivity index (χ3n) is 1.29. The van der Waals surface area contributed by atoms with Crippen LogP contribution in [-0.4, -0.2) is 6.54 Å². The molecule has 1 aromatic rings. The Hall–Kier alpha value is -0.550. The predicted molar refractivity (Wildman–Crippen MR) is 49.9 cm³/mol. The highest BCUT2D eigenvalue weighted by Crippen LogP contribution is 2.03. The predicted octanol–water partition coefficient (Wildman–Crippen LogP) is 1.62. The number of hydrogen-bond donors (Lipinski definition) is 1. The lowest BCUT2D eigenvalue weighted by atomic mass is 10.3. The minimum absolute atomic E-state index is 0.982. The molecule has 0 fully saturated rings. The van der Waals surface area contributed by atoms with Gasteiger partial charge >= 0.3 is 0 Å². The number of rotatable bonds is 2. The summed E-state index contributed by atoms with van der Waals surface area (Å²) in [5.41, 5.74) is 1.19. The maximum atomic E-state index is 3.23. The third kappa shape index (κ3) is 2.00. The molecule has 1 atom stereocenters. The summed E-state index contributed by atoms with van der Waals surface area (Å²) in [4.78, 5) is 0. The average Bonchev–Trinajstić information content (AvgIpc) is 1.95. The second-order valence-electron chi connectivity index (χ2n) is 2.15. The monoisotopic (exact) mass is 153 g/mol. The largest absolute Gasteiger partial charge is 0.385 e. The quantitative estimate of drug-likeness (QED) is 0.636. The summed E-state index contributed by atoms with van der Waals surface area (Å²) < 4.78 is 0. The van der Waals surface area contributed by atoms with Gasteiger partial charge in [-0.15, -0.1) is 9.24 Å². The van der Waals surface area contributed by atoms with Crippen LogP contribution in [0, 0.1) is 0 Å². The zero-order valence-corrected chi connectivity index (χ0v) is 7.25. The van der Waals surface area contributed by atoms with Gasteiger partial charge in [0.2, 0.25) is 0 Å². The molecular weight excluding hydrogens is 141 g/mol. The molecule has 0 aliphatic rings. The molecule has 0 radical (unpaired) electrons. The van der Waals surface area contributed by atoms with Crippen molar-refractivity contribution in [3.8, 4) is 0 Å². The van der Waals surface area contributed by atoms with E-state index in [9.17, 15) is 0 Å². The van der Waals surface area contributed by atoms with Gasteiger partial charge < -0.3 is 5.32 Å². The van der Waals surface area contributed by atoms with E-state index in [0.717, 1.165) is 6.54 Å². The highest BCUT2D eigenvalue weighted by Gasteiger charge is 1.86. The molecule has 10 heavy (non-hydrogen) atoms. The van der Waals surface area contributed by atoms with Crippen molar-refractivity contribution in [1.82, 2.24) is 0 Å². The fourth-order valence-electron chi connectivity index (χ4n) is 0.805. The van der Waals surface area contributed by atoms with Crippen molar-refractivity contribution in [1.29, 1.82) is 0 Å². The molecule has 0 saturated heterocycles. The lowest BCUT2D eigenvalue weighted by Crippen LogP contribution is -1.97. The molecule has 2 heteroatoms. The first-order chi connectivity index (χ1) is 4.83. The summed E-state index contributed by atoms with van der Waals surface area (Å²) in [6.07, 6.45) is 0. The van der Waals surface area contributed by atoms with Crippen LogP contribution >= 0.6 is 9.24 Å². The summed E-state index contributed by atoms with van der Waals surface area (Å²) in [5, 5.41) is 4.45. The summed E-state index contributed by atoms with van der Waals surface area (Å²) in [6.45, 7) is 3.07. The van der Waals surface area contributed by atoms with Crippen LogP contribution < -0.4 is 10.6 Å². The van der Waals surface area contributed by atoms with E-state index < -0.39 is 0 Å². The van der Waals surface area contributed by atoms with Gasteiger partial charge in [-0.25, -0.2) is 0 Å². The van der Waals surface area contributed by atoms with Crippen LogP contribution in [0.4, 0.5) is 5.69 Å². The minimum atomic E-state index is 0.982. The molecule has 1 unspecified atom stereocenters. The van der Waals surface area contributed by atoms with Gasteiger partial charge in [0.15, 0.2) is 0 Å². The van der Waals surface area contributed by atoms with Crippen LogP contribution in [0.15, 0.2) is 24.3 Å². The summed E-state index contributed by atoms with van der Waals surface area (Å²) in [7, 11) is 2.66. The SMILES string of the molecule is CCNc1ccc(P)cc1. The van der Waals surface area contributed by atoms with Gasteiger partial charge in [0.1, 0.15) is 0 Å². The third-order valence-corrected chi connectivity index (χ3v) is 1.68. The van der Waals surface area contributed by atoms with Crippen LogP contribution in [0.5, 0.6) is 0 Å². The van der Waals surface area contributed by atoms with Gasteiger partial charge in [0.05, 0.1) is 0 Å². The van der Waals surface area contributed by atoms with Crippen molar-refractivity contribution in [3.63, 3.8) is 0 Å². The number of hydrogen-bond acceptors (Lipinski definition) is 1. The first-order valence-electron chi connectivity index (χ1n) is 3.42. The molecule has 1 rings (SSSR count). The van der Waals surface area contributed by atoms with Gasteiger partial charge in [-0.1, -0.05) is 12.1 Å². The van der Waals surface area contributed by atoms with E-state index in [0.29, 0.717) is 0 Å². The normalized spacial score (nSPS) is 9.40. The van der Waals surface area contributed by atoms with Gasteiger partial charge in [0.25, 0.3) is 0 Å². The van der Waals surface area contributed by atoms with E-state index in [1.807, 2.05) is 0 Å². The van der Waals surface area contributed by atoms with Crippen LogP contribution in [0.1, 0.15) is 6.92 Å². The van der Waals surface area contributed by atoms with Gasteiger partial charge in [0, 0.05) is 12.2 Å². The Morgan fingerprint density at radius 2 is 1.90 bits per heavy atom. The Kier molecular flexibility index (Phi) is 2.70. The van der Waals surface area contributed by atoms with Crippen LogP contribution in [-0.2, 0) is 0 Å². The fourth-order valence-corrected chi connectivity index (χ4v) is 0.998. The fraction of sp³-hybridized carbons (Fsp3) is 0.250. The van der Waals surface area contributed by atoms with Crippen molar-refractivity contribution < 1.29 is 0 Å². The molecule has 0 aliphatic heterocycles. The first-order valence-corrected chi connectivity index (χ1v) is 4.00. The molecule has 0 spiro atoms. The Labute approximate surface area is 64.0 Å². The molecule has 1 aromatic carbocycles. The number of nitrogens with one attached hydrogen (secondary N) is 1. The van der Waals surface area contributed by atoms with E-state index in [1.165, 1.54) is 11.0 Å². The zero-order valence-electron chi connectivity index (χ0n) is 6.09. The van der Waals surface area contributed by atoms with E-state index in [1.54, 1.807) is 0 Å². The zero-order chi connectivity index (χ0) is 7.40. The maximum absolute atomic E-state index is 3.23. The summed E-state index contributed by atoms with van der Waals surface area (Å²) in [5.74, 6) is 0. The highest BCUT2D eigenvalue weighted by atomic mass is 31.0. The lowest BCUT2D eigenvalue weighted by molar-refractivity contribution is 1.21. The molecule has 1 nitrogen and oxygen atoms in total. The molecule has 1 N–H and O–H groups in total. The molecule has 0 bridgehead atoms. The number of anilines is 1. The standard InChI is InChI=1S/C8H12NP/c1-2-9-7-3-5-8(10)6-4-7/h3-6,9H,2,10H2,1H3. The number of benzene rings is 1. The van der Waals surface area contributed by atoms with Crippen LogP contribution in [0.3, 0.4) is 0 Å². The minimum Gasteiger partial charge on any atom is -0.385 e. The van der Waals surface area contributed by atoms with E-state index in [-0.39, 0.29) is 0 Å². The van der Waals surface area contributed by atoms with E-state index >= 15 is 0 Å². The molecule has 54 valence electrons. The summed E-state index contributed by atoms with van der Waals surface area (Å²) >= 11 is 0. The van der Waals surface area contributed by atoms with Gasteiger partial charge in [-0.05, 0) is 24.4 Å². The molecular formula is C8H12NP. The van der Waals surface area contributed by atoms with Crippen molar-refractivity contribution >= 4 is 20.2 Å². The second kappa shape index (κ2) is 3.58.